The monoisotopic (exact) mass is 778 g/mol. The van der Waals surface area contributed by atoms with Gasteiger partial charge >= 0.3 is 17.9 Å². The van der Waals surface area contributed by atoms with Crippen LogP contribution in [0.4, 0.5) is 0 Å². The zero-order valence-corrected chi connectivity index (χ0v) is 32.1. The molecule has 4 aliphatic rings. The van der Waals surface area contributed by atoms with Gasteiger partial charge in [-0.25, -0.2) is 14.4 Å². The van der Waals surface area contributed by atoms with Gasteiger partial charge in [-0.05, 0) is 46.5 Å². The second kappa shape index (κ2) is 16.5. The van der Waals surface area contributed by atoms with E-state index >= 15 is 0 Å². The predicted molar refractivity (Wildman–Crippen MR) is 205 cm³/mol. The summed E-state index contributed by atoms with van der Waals surface area (Å²) in [6, 6.07) is 22.8. The lowest BCUT2D eigenvalue weighted by Crippen LogP contribution is -2.51. The molecular formula is C44H46N2O11. The van der Waals surface area contributed by atoms with Crippen molar-refractivity contribution in [3.8, 4) is 0 Å². The van der Waals surface area contributed by atoms with Gasteiger partial charge in [-0.3, -0.25) is 9.59 Å². The van der Waals surface area contributed by atoms with E-state index in [-0.39, 0.29) is 38.2 Å². The highest BCUT2D eigenvalue weighted by Crippen LogP contribution is 2.45. The minimum absolute atomic E-state index is 0.00700. The van der Waals surface area contributed by atoms with Crippen molar-refractivity contribution in [1.29, 1.82) is 0 Å². The number of esters is 3. The average molecular weight is 779 g/mol. The Hall–Kier alpha value is -5.63. The third kappa shape index (κ3) is 8.70. The molecule has 0 unspecified atom stereocenters. The van der Waals surface area contributed by atoms with Gasteiger partial charge in [-0.15, -0.1) is 0 Å². The van der Waals surface area contributed by atoms with Crippen molar-refractivity contribution < 1.29 is 52.8 Å². The standard InChI is InChI=1S/C44H46N2O11/c1-43(2)26-53-42(52)38(43)55-36(48)18-15-27-13-16-29(17-14-27)41(51)54-34-22-32(23-35-37(34)57-44(56-35)24-30-11-7-8-12-31(30)25-44)40(50)46(3)33(39(49)45-19-20-47)21-28-9-5-4-6-10-28/h4-18,23,33-35,37-38,47H,19-22,24-26H2,1-3H3,(H,45,49)/t33-,34-,35-,37+,38+/m1/s1. The summed E-state index contributed by atoms with van der Waals surface area (Å²) in [7, 11) is 1.56. The molecule has 3 aromatic rings. The summed E-state index contributed by atoms with van der Waals surface area (Å²) < 4.78 is 29.8. The topological polar surface area (TPSA) is 167 Å². The maximum atomic E-state index is 14.3. The number of carbonyl (C=O) groups is 5. The summed E-state index contributed by atoms with van der Waals surface area (Å²) in [5, 5.41) is 12.1. The maximum absolute atomic E-state index is 14.3. The number of aliphatic hydroxyl groups excluding tert-OH is 1. The van der Waals surface area contributed by atoms with E-state index < -0.39 is 71.4 Å². The molecule has 57 heavy (non-hydrogen) atoms. The van der Waals surface area contributed by atoms with Crippen molar-refractivity contribution >= 4 is 35.8 Å². The predicted octanol–water partition coefficient (Wildman–Crippen LogP) is 3.51. The van der Waals surface area contributed by atoms with Gasteiger partial charge in [0, 0.05) is 56.3 Å². The molecule has 0 aromatic heterocycles. The molecule has 5 atom stereocenters. The molecule has 7 rings (SSSR count). The van der Waals surface area contributed by atoms with Crippen molar-refractivity contribution in [3.63, 3.8) is 0 Å². The average Bonchev–Trinajstić information content (AvgIpc) is 3.85. The number of hydrogen-bond donors (Lipinski definition) is 2. The first-order chi connectivity index (χ1) is 27.3. The number of hydrogen-bond acceptors (Lipinski definition) is 11. The van der Waals surface area contributed by atoms with Gasteiger partial charge in [-0.2, -0.15) is 0 Å². The first-order valence-electron chi connectivity index (χ1n) is 19.0. The second-order valence-corrected chi connectivity index (χ2v) is 15.5. The Bertz CT molecular complexity index is 2050. The summed E-state index contributed by atoms with van der Waals surface area (Å²) in [5.41, 5.74) is 3.53. The maximum Gasteiger partial charge on any atom is 0.348 e. The number of amides is 2. The van der Waals surface area contributed by atoms with Crippen LogP contribution in [0.3, 0.4) is 0 Å². The van der Waals surface area contributed by atoms with E-state index in [1.807, 2.05) is 54.6 Å². The van der Waals surface area contributed by atoms with Gasteiger partial charge in [0.15, 0.2) is 5.79 Å². The number of cyclic esters (lactones) is 1. The van der Waals surface area contributed by atoms with E-state index in [1.165, 1.54) is 17.1 Å². The smallest absolute Gasteiger partial charge is 0.348 e. The summed E-state index contributed by atoms with van der Waals surface area (Å²) in [6.07, 6.45) is 2.29. The molecule has 0 saturated carbocycles. The molecule has 2 heterocycles. The number of fused-ring (bicyclic) bond motifs is 2. The van der Waals surface area contributed by atoms with Crippen LogP contribution >= 0.6 is 0 Å². The fraction of sp³-hybridized carbons (Fsp3) is 0.386. The Balaban J connectivity index is 1.08. The molecule has 2 fully saturated rings. The van der Waals surface area contributed by atoms with Crippen LogP contribution in [0.25, 0.3) is 6.08 Å². The highest BCUT2D eigenvalue weighted by Gasteiger charge is 2.55. The van der Waals surface area contributed by atoms with E-state index in [0.29, 0.717) is 24.0 Å². The van der Waals surface area contributed by atoms with Crippen LogP contribution in [0.5, 0.6) is 0 Å². The van der Waals surface area contributed by atoms with Crippen molar-refractivity contribution in [2.24, 2.45) is 5.41 Å². The van der Waals surface area contributed by atoms with Crippen molar-refractivity contribution in [2.45, 2.75) is 75.8 Å². The third-order valence-corrected chi connectivity index (χ3v) is 10.8. The van der Waals surface area contributed by atoms with E-state index in [0.717, 1.165) is 16.7 Å². The fourth-order valence-electron chi connectivity index (χ4n) is 7.75. The van der Waals surface area contributed by atoms with Gasteiger partial charge in [0.2, 0.25) is 17.9 Å². The van der Waals surface area contributed by atoms with E-state index in [9.17, 15) is 29.1 Å². The fourth-order valence-corrected chi connectivity index (χ4v) is 7.75. The van der Waals surface area contributed by atoms with Crippen LogP contribution in [0, 0.1) is 5.41 Å². The number of rotatable bonds is 12. The molecular weight excluding hydrogens is 732 g/mol. The van der Waals surface area contributed by atoms with Gasteiger partial charge < -0.3 is 39.0 Å². The summed E-state index contributed by atoms with van der Waals surface area (Å²) in [4.78, 5) is 67.3. The quantitative estimate of drug-likeness (QED) is 0.157. The molecule has 0 radical (unpaired) electrons. The lowest BCUT2D eigenvalue weighted by Gasteiger charge is -2.33. The van der Waals surface area contributed by atoms with Crippen LogP contribution < -0.4 is 5.32 Å². The minimum atomic E-state index is -1.01. The van der Waals surface area contributed by atoms with Crippen molar-refractivity contribution in [2.75, 3.05) is 26.8 Å². The van der Waals surface area contributed by atoms with Crippen LogP contribution in [0.2, 0.25) is 0 Å². The van der Waals surface area contributed by atoms with Gasteiger partial charge in [-0.1, -0.05) is 80.6 Å². The molecule has 2 amide bonds. The van der Waals surface area contributed by atoms with Crippen molar-refractivity contribution in [3.05, 3.63) is 124 Å². The first kappa shape index (κ1) is 39.6. The summed E-state index contributed by atoms with van der Waals surface area (Å²) >= 11 is 0. The van der Waals surface area contributed by atoms with Crippen LogP contribution in [-0.4, -0.2) is 103 Å². The Kier molecular flexibility index (Phi) is 11.4. The zero-order valence-electron chi connectivity index (χ0n) is 32.1. The number of aliphatic hydroxyl groups is 1. The first-order valence-corrected chi connectivity index (χ1v) is 19.0. The van der Waals surface area contributed by atoms with Crippen LogP contribution in [-0.2, 0) is 62.1 Å². The Labute approximate surface area is 330 Å². The molecule has 2 saturated heterocycles. The molecule has 0 bridgehead atoms. The number of carbonyl (C=O) groups excluding carboxylic acids is 5. The number of nitrogens with zero attached hydrogens (tertiary/aromatic N) is 1. The van der Waals surface area contributed by atoms with Gasteiger partial charge in [0.05, 0.1) is 12.2 Å². The Morgan fingerprint density at radius 1 is 0.947 bits per heavy atom. The van der Waals surface area contributed by atoms with Crippen LogP contribution in [0.1, 0.15) is 52.9 Å². The highest BCUT2D eigenvalue weighted by molar-refractivity contribution is 5.97. The van der Waals surface area contributed by atoms with Crippen molar-refractivity contribution in [1.82, 2.24) is 10.2 Å². The number of nitrogens with one attached hydrogen (secondary N) is 1. The van der Waals surface area contributed by atoms with Gasteiger partial charge in [0.25, 0.3) is 0 Å². The Morgan fingerprint density at radius 3 is 2.28 bits per heavy atom. The third-order valence-electron chi connectivity index (χ3n) is 10.8. The largest absolute Gasteiger partial charge is 0.462 e. The SMILES string of the molecule is CN(C(=O)C1=C[C@H]2OC3(Cc4ccccc4C3)O[C@H]2[C@H](OC(=O)c2ccc(C=CC(=O)O[C@H]3C(=O)OCC3(C)C)cc2)C1)[C@H](Cc1ccccc1)C(=O)NCCO. The van der Waals surface area contributed by atoms with Gasteiger partial charge in [0.1, 0.15) is 31.0 Å². The zero-order chi connectivity index (χ0) is 40.3. The summed E-state index contributed by atoms with van der Waals surface area (Å²) in [5.74, 6) is -3.79. The number of likely N-dealkylation sites (N-methyl/N-ethyl adjacent to an activating group) is 1. The second-order valence-electron chi connectivity index (χ2n) is 15.5. The molecule has 2 aliphatic heterocycles. The van der Waals surface area contributed by atoms with E-state index in [2.05, 4.69) is 5.32 Å². The van der Waals surface area contributed by atoms with E-state index in [1.54, 1.807) is 51.2 Å². The summed E-state index contributed by atoms with van der Waals surface area (Å²) in [6.45, 7) is 3.50. The lowest BCUT2D eigenvalue weighted by atomic mass is 9.90. The molecule has 13 nitrogen and oxygen atoms in total. The number of ether oxygens (including phenoxy) is 5. The molecule has 298 valence electrons. The molecule has 13 heteroatoms. The minimum Gasteiger partial charge on any atom is -0.462 e. The molecule has 2 aliphatic carbocycles. The number of benzene rings is 3. The Morgan fingerprint density at radius 2 is 1.63 bits per heavy atom. The molecule has 3 aromatic carbocycles. The highest BCUT2D eigenvalue weighted by atomic mass is 16.8. The van der Waals surface area contributed by atoms with Crippen LogP contribution in [0.15, 0.2) is 96.6 Å². The molecule has 2 N–H and O–H groups in total. The lowest BCUT2D eigenvalue weighted by molar-refractivity contribution is -0.172. The van der Waals surface area contributed by atoms with E-state index in [4.69, 9.17) is 23.7 Å². The molecule has 1 spiro atoms. The normalized spacial score (nSPS) is 23.2.